The maximum absolute atomic E-state index is 13.5. The van der Waals surface area contributed by atoms with Gasteiger partial charge < -0.3 is 9.64 Å². The van der Waals surface area contributed by atoms with E-state index in [1.54, 1.807) is 11.8 Å². The SMILES string of the molecule is COc1cccc([C@@H]2CCCN2C(=O)c2cc(C)nc3c2c(C)nn3C)c1. The molecule has 140 valence electrons. The molecular formula is C21H24N4O2. The Morgan fingerprint density at radius 1 is 1.26 bits per heavy atom. The minimum atomic E-state index is 0.0481. The number of methoxy groups -OCH3 is 1. The van der Waals surface area contributed by atoms with Crippen LogP contribution in [-0.2, 0) is 7.05 Å². The van der Waals surface area contributed by atoms with Crippen LogP contribution in [0.2, 0.25) is 0 Å². The number of hydrogen-bond donors (Lipinski definition) is 0. The monoisotopic (exact) mass is 364 g/mol. The van der Waals surface area contributed by atoms with Crippen molar-refractivity contribution in [2.75, 3.05) is 13.7 Å². The summed E-state index contributed by atoms with van der Waals surface area (Å²) >= 11 is 0. The molecule has 0 unspecified atom stereocenters. The van der Waals surface area contributed by atoms with E-state index < -0.39 is 0 Å². The fraction of sp³-hybridized carbons (Fsp3) is 0.381. The highest BCUT2D eigenvalue weighted by atomic mass is 16.5. The number of benzene rings is 1. The molecule has 3 heterocycles. The van der Waals surface area contributed by atoms with Crippen LogP contribution in [0.4, 0.5) is 0 Å². The van der Waals surface area contributed by atoms with Gasteiger partial charge in [-0.1, -0.05) is 12.1 Å². The van der Waals surface area contributed by atoms with Crippen LogP contribution in [0.25, 0.3) is 11.0 Å². The molecule has 1 saturated heterocycles. The Bertz CT molecular complexity index is 1020. The summed E-state index contributed by atoms with van der Waals surface area (Å²) in [4.78, 5) is 20.1. The first-order valence-corrected chi connectivity index (χ1v) is 9.25. The lowest BCUT2D eigenvalue weighted by atomic mass is 10.0. The molecule has 6 nitrogen and oxygen atoms in total. The van der Waals surface area contributed by atoms with Crippen molar-refractivity contribution in [3.8, 4) is 5.75 Å². The van der Waals surface area contributed by atoms with E-state index in [9.17, 15) is 4.79 Å². The predicted octanol–water partition coefficient (Wildman–Crippen LogP) is 3.57. The van der Waals surface area contributed by atoms with Gasteiger partial charge >= 0.3 is 0 Å². The van der Waals surface area contributed by atoms with Crippen LogP contribution >= 0.6 is 0 Å². The molecule has 2 aromatic heterocycles. The summed E-state index contributed by atoms with van der Waals surface area (Å²) < 4.78 is 7.11. The fourth-order valence-electron chi connectivity index (χ4n) is 4.10. The highest BCUT2D eigenvalue weighted by Crippen LogP contribution is 2.35. The van der Waals surface area contributed by atoms with Gasteiger partial charge in [0.2, 0.25) is 0 Å². The molecule has 4 rings (SSSR count). The summed E-state index contributed by atoms with van der Waals surface area (Å²) in [5.41, 5.74) is 4.22. The van der Waals surface area contributed by atoms with Gasteiger partial charge in [0.05, 0.1) is 29.8 Å². The zero-order chi connectivity index (χ0) is 19.1. The molecular weight excluding hydrogens is 340 g/mol. The molecule has 0 aliphatic carbocycles. The smallest absolute Gasteiger partial charge is 0.255 e. The van der Waals surface area contributed by atoms with Gasteiger partial charge in [-0.05, 0) is 50.5 Å². The molecule has 1 aliphatic heterocycles. The van der Waals surface area contributed by atoms with E-state index in [1.165, 1.54) is 0 Å². The van der Waals surface area contributed by atoms with Crippen molar-refractivity contribution < 1.29 is 9.53 Å². The first-order valence-electron chi connectivity index (χ1n) is 9.25. The van der Waals surface area contributed by atoms with Gasteiger partial charge in [-0.15, -0.1) is 0 Å². The molecule has 0 N–H and O–H groups in total. The lowest BCUT2D eigenvalue weighted by Gasteiger charge is -2.26. The number of ether oxygens (including phenoxy) is 1. The number of nitrogens with zero attached hydrogens (tertiary/aromatic N) is 4. The number of amides is 1. The molecule has 1 aliphatic rings. The van der Waals surface area contributed by atoms with Crippen molar-refractivity contribution in [3.05, 3.63) is 52.8 Å². The maximum atomic E-state index is 13.5. The summed E-state index contributed by atoms with van der Waals surface area (Å²) in [5, 5.41) is 5.32. The minimum absolute atomic E-state index is 0.0481. The molecule has 6 heteroatoms. The minimum Gasteiger partial charge on any atom is -0.497 e. The van der Waals surface area contributed by atoms with Crippen molar-refractivity contribution in [2.24, 2.45) is 7.05 Å². The maximum Gasteiger partial charge on any atom is 0.255 e. The third kappa shape index (κ3) is 2.95. The Hall–Kier alpha value is -2.89. The van der Waals surface area contributed by atoms with Crippen molar-refractivity contribution in [2.45, 2.75) is 32.7 Å². The van der Waals surface area contributed by atoms with Gasteiger partial charge in [0, 0.05) is 19.3 Å². The lowest BCUT2D eigenvalue weighted by molar-refractivity contribution is 0.0737. The second-order valence-corrected chi connectivity index (χ2v) is 7.15. The highest BCUT2D eigenvalue weighted by Gasteiger charge is 2.32. The van der Waals surface area contributed by atoms with Crippen molar-refractivity contribution in [1.82, 2.24) is 19.7 Å². The van der Waals surface area contributed by atoms with Gasteiger partial charge in [0.25, 0.3) is 5.91 Å². The number of hydrogen-bond acceptors (Lipinski definition) is 4. The summed E-state index contributed by atoms with van der Waals surface area (Å²) in [5.74, 6) is 0.865. The number of aromatic nitrogens is 3. The van der Waals surface area contributed by atoms with Gasteiger partial charge in [-0.3, -0.25) is 9.48 Å². The van der Waals surface area contributed by atoms with Crippen LogP contribution in [0.3, 0.4) is 0 Å². The Morgan fingerprint density at radius 2 is 2.07 bits per heavy atom. The van der Waals surface area contributed by atoms with E-state index in [-0.39, 0.29) is 11.9 Å². The van der Waals surface area contributed by atoms with Crippen LogP contribution < -0.4 is 4.74 Å². The van der Waals surface area contributed by atoms with Crippen LogP contribution in [0.1, 0.15) is 46.2 Å². The third-order valence-electron chi connectivity index (χ3n) is 5.32. The Morgan fingerprint density at radius 3 is 2.85 bits per heavy atom. The van der Waals surface area contributed by atoms with Gasteiger partial charge in [0.15, 0.2) is 5.65 Å². The number of carbonyl (C=O) groups is 1. The first kappa shape index (κ1) is 17.5. The molecule has 0 spiro atoms. The topological polar surface area (TPSA) is 60.2 Å². The molecule has 1 amide bonds. The lowest BCUT2D eigenvalue weighted by Crippen LogP contribution is -2.31. The van der Waals surface area contributed by atoms with Crippen LogP contribution in [-0.4, -0.2) is 39.2 Å². The average molecular weight is 364 g/mol. The number of pyridine rings is 1. The van der Waals surface area contributed by atoms with Crippen molar-refractivity contribution >= 4 is 16.9 Å². The quantitative estimate of drug-likeness (QED) is 0.713. The zero-order valence-electron chi connectivity index (χ0n) is 16.2. The standard InChI is InChI=1S/C21H24N4O2/c1-13-11-17(19-14(2)23-24(3)20(19)22-13)21(26)25-10-6-9-18(25)15-7-5-8-16(12-15)27-4/h5,7-8,11-12,18H,6,9-10H2,1-4H3/t18-/m0/s1. The number of carbonyl (C=O) groups excluding carboxylic acids is 1. The van der Waals surface area contributed by atoms with Gasteiger partial charge in [-0.25, -0.2) is 4.98 Å². The second kappa shape index (κ2) is 6.68. The van der Waals surface area contributed by atoms with Crippen LogP contribution in [0.5, 0.6) is 5.75 Å². The summed E-state index contributed by atoms with van der Waals surface area (Å²) in [6.45, 7) is 4.60. The van der Waals surface area contributed by atoms with Crippen LogP contribution in [0.15, 0.2) is 30.3 Å². The Balaban J connectivity index is 1.77. The molecule has 0 bridgehead atoms. The molecule has 1 atom stereocenters. The predicted molar refractivity (Wildman–Crippen MR) is 104 cm³/mol. The number of rotatable bonds is 3. The van der Waals surface area contributed by atoms with E-state index in [4.69, 9.17) is 4.74 Å². The van der Waals surface area contributed by atoms with Crippen molar-refractivity contribution in [3.63, 3.8) is 0 Å². The van der Waals surface area contributed by atoms with E-state index in [2.05, 4.69) is 16.1 Å². The van der Waals surface area contributed by atoms with Gasteiger partial charge in [-0.2, -0.15) is 5.10 Å². The molecule has 1 fully saturated rings. The second-order valence-electron chi connectivity index (χ2n) is 7.15. The van der Waals surface area contributed by atoms with Crippen LogP contribution in [0, 0.1) is 13.8 Å². The molecule has 1 aromatic carbocycles. The normalized spacial score (nSPS) is 16.9. The van der Waals surface area contributed by atoms with E-state index in [0.717, 1.165) is 53.1 Å². The largest absolute Gasteiger partial charge is 0.497 e. The van der Waals surface area contributed by atoms with E-state index >= 15 is 0 Å². The fourth-order valence-corrected chi connectivity index (χ4v) is 4.10. The number of likely N-dealkylation sites (tertiary alicyclic amines) is 1. The first-order chi connectivity index (χ1) is 13.0. The summed E-state index contributed by atoms with van der Waals surface area (Å²) in [7, 11) is 3.53. The van der Waals surface area contributed by atoms with E-state index in [1.807, 2.05) is 50.1 Å². The third-order valence-corrected chi connectivity index (χ3v) is 5.32. The molecule has 0 radical (unpaired) electrons. The number of aryl methyl sites for hydroxylation is 3. The van der Waals surface area contributed by atoms with E-state index in [0.29, 0.717) is 5.56 Å². The average Bonchev–Trinajstić information content (AvgIpc) is 3.26. The number of fused-ring (bicyclic) bond motifs is 1. The Labute approximate surface area is 158 Å². The van der Waals surface area contributed by atoms with Gasteiger partial charge in [0.1, 0.15) is 5.75 Å². The summed E-state index contributed by atoms with van der Waals surface area (Å²) in [6.07, 6.45) is 1.95. The van der Waals surface area contributed by atoms with Crippen molar-refractivity contribution in [1.29, 1.82) is 0 Å². The summed E-state index contributed by atoms with van der Waals surface area (Å²) in [6, 6.07) is 9.96. The Kier molecular flexibility index (Phi) is 4.34. The molecule has 0 saturated carbocycles. The molecule has 27 heavy (non-hydrogen) atoms. The highest BCUT2D eigenvalue weighted by molar-refractivity contribution is 6.06. The molecule has 3 aromatic rings. The zero-order valence-corrected chi connectivity index (χ0v) is 16.2.